The predicted octanol–water partition coefficient (Wildman–Crippen LogP) is 0.319. The van der Waals surface area contributed by atoms with Crippen molar-refractivity contribution in [1.29, 1.82) is 0 Å². The zero-order valence-corrected chi connectivity index (χ0v) is 7.88. The van der Waals surface area contributed by atoms with Crippen LogP contribution in [0.25, 0.3) is 0 Å². The lowest BCUT2D eigenvalue weighted by atomic mass is 10.5. The van der Waals surface area contributed by atoms with Crippen molar-refractivity contribution in [3.63, 3.8) is 0 Å². The van der Waals surface area contributed by atoms with Gasteiger partial charge in [0.05, 0.1) is 13.2 Å². The van der Waals surface area contributed by atoms with E-state index in [1.165, 1.54) is 6.42 Å². The number of hydrogen-bond donors (Lipinski definition) is 2. The highest BCUT2D eigenvalue weighted by atomic mass is 16.3. The second-order valence-electron chi connectivity index (χ2n) is 2.46. The van der Waals surface area contributed by atoms with Gasteiger partial charge in [0.15, 0.2) is 0 Å². The van der Waals surface area contributed by atoms with Gasteiger partial charge in [0.25, 0.3) is 0 Å². The van der Waals surface area contributed by atoms with Gasteiger partial charge in [-0.3, -0.25) is 0 Å². The fourth-order valence-corrected chi connectivity index (χ4v) is 0.453. The summed E-state index contributed by atoms with van der Waals surface area (Å²) < 4.78 is 0. The minimum absolute atomic E-state index is 0.163. The smallest absolute Gasteiger partial charge is 0.0558 e. The van der Waals surface area contributed by atoms with Crippen molar-refractivity contribution >= 4 is 0 Å². The molecule has 0 bridgehead atoms. The van der Waals surface area contributed by atoms with Gasteiger partial charge in [0.2, 0.25) is 0 Å². The summed E-state index contributed by atoms with van der Waals surface area (Å²) in [5.41, 5.74) is 0. The Morgan fingerprint density at radius 2 is 1.27 bits per heavy atom. The van der Waals surface area contributed by atoms with Gasteiger partial charge >= 0.3 is 0 Å². The maximum absolute atomic E-state index is 8.34. The summed E-state index contributed by atoms with van der Waals surface area (Å²) in [6.07, 6.45) is 1.25. The van der Waals surface area contributed by atoms with Crippen LogP contribution in [0.5, 0.6) is 0 Å². The van der Waals surface area contributed by atoms with Gasteiger partial charge in [-0.2, -0.15) is 0 Å². The molecule has 3 heteroatoms. The van der Waals surface area contributed by atoms with E-state index in [-0.39, 0.29) is 13.2 Å². The Labute approximate surface area is 69.6 Å². The molecular formula is C8H21NO2. The van der Waals surface area contributed by atoms with Crippen LogP contribution in [0.3, 0.4) is 0 Å². The van der Waals surface area contributed by atoms with Crippen molar-refractivity contribution < 1.29 is 10.2 Å². The van der Waals surface area contributed by atoms with E-state index in [1.807, 2.05) is 11.9 Å². The zero-order chi connectivity index (χ0) is 9.11. The molecule has 0 aliphatic carbocycles. The van der Waals surface area contributed by atoms with Crippen molar-refractivity contribution in [3.05, 3.63) is 0 Å². The highest BCUT2D eigenvalue weighted by Crippen LogP contribution is 1.76. The standard InChI is InChI=1S/C5H13NO2.C3H8/c1-6(2-4-7)3-5-8;1-3-2/h7-8H,2-5H2,1H3;3H2,1-2H3. The van der Waals surface area contributed by atoms with Crippen molar-refractivity contribution in [2.45, 2.75) is 20.3 Å². The first-order valence-corrected chi connectivity index (χ1v) is 4.13. The molecule has 0 rings (SSSR count). The molecule has 0 atom stereocenters. The third-order valence-corrected chi connectivity index (χ3v) is 0.963. The minimum atomic E-state index is 0.163. The Morgan fingerprint density at radius 1 is 1.00 bits per heavy atom. The molecule has 0 aromatic rings. The quantitative estimate of drug-likeness (QED) is 0.627. The number of aliphatic hydroxyl groups is 2. The molecule has 0 aromatic heterocycles. The lowest BCUT2D eigenvalue weighted by Crippen LogP contribution is -2.25. The van der Waals surface area contributed by atoms with Gasteiger partial charge in [-0.25, -0.2) is 0 Å². The summed E-state index contributed by atoms with van der Waals surface area (Å²) >= 11 is 0. The minimum Gasteiger partial charge on any atom is -0.395 e. The molecule has 0 saturated heterocycles. The lowest BCUT2D eigenvalue weighted by Gasteiger charge is -2.11. The molecule has 0 aliphatic heterocycles. The second kappa shape index (κ2) is 12.5. The Morgan fingerprint density at radius 3 is 1.45 bits per heavy atom. The van der Waals surface area contributed by atoms with E-state index in [4.69, 9.17) is 10.2 Å². The number of aliphatic hydroxyl groups excluding tert-OH is 2. The van der Waals surface area contributed by atoms with Crippen LogP contribution in [-0.4, -0.2) is 48.5 Å². The fourth-order valence-electron chi connectivity index (χ4n) is 0.453. The maximum Gasteiger partial charge on any atom is 0.0558 e. The van der Waals surface area contributed by atoms with Crippen molar-refractivity contribution in [1.82, 2.24) is 4.90 Å². The molecule has 0 heterocycles. The highest BCUT2D eigenvalue weighted by Gasteiger charge is 1.91. The van der Waals surface area contributed by atoms with E-state index >= 15 is 0 Å². The van der Waals surface area contributed by atoms with Gasteiger partial charge in [0.1, 0.15) is 0 Å². The third kappa shape index (κ3) is 17.7. The van der Waals surface area contributed by atoms with Gasteiger partial charge in [-0.05, 0) is 7.05 Å². The molecular weight excluding hydrogens is 142 g/mol. The molecule has 0 saturated carbocycles. The first kappa shape index (κ1) is 13.5. The van der Waals surface area contributed by atoms with Crippen LogP contribution in [0.15, 0.2) is 0 Å². The summed E-state index contributed by atoms with van der Waals surface area (Å²) in [4.78, 5) is 1.86. The van der Waals surface area contributed by atoms with Crippen LogP contribution in [0.2, 0.25) is 0 Å². The zero-order valence-electron chi connectivity index (χ0n) is 7.88. The number of hydrogen-bond acceptors (Lipinski definition) is 3. The third-order valence-electron chi connectivity index (χ3n) is 0.963. The number of rotatable bonds is 4. The largest absolute Gasteiger partial charge is 0.395 e. The Bertz CT molecular complexity index is 54.1. The average molecular weight is 163 g/mol. The Balaban J connectivity index is 0. The second-order valence-corrected chi connectivity index (χ2v) is 2.46. The molecule has 0 aromatic carbocycles. The molecule has 2 N–H and O–H groups in total. The number of likely N-dealkylation sites (N-methyl/N-ethyl adjacent to an activating group) is 1. The van der Waals surface area contributed by atoms with Crippen LogP contribution in [0.1, 0.15) is 20.3 Å². The molecule has 70 valence electrons. The van der Waals surface area contributed by atoms with Crippen LogP contribution < -0.4 is 0 Å². The fraction of sp³-hybridized carbons (Fsp3) is 1.00. The molecule has 0 fully saturated rings. The Hall–Kier alpha value is -0.120. The average Bonchev–Trinajstić information content (AvgIpc) is 1.90. The van der Waals surface area contributed by atoms with Crippen molar-refractivity contribution in [2.75, 3.05) is 33.4 Å². The summed E-state index contributed by atoms with van der Waals surface area (Å²) in [5.74, 6) is 0. The van der Waals surface area contributed by atoms with Crippen LogP contribution in [-0.2, 0) is 0 Å². The van der Waals surface area contributed by atoms with Gasteiger partial charge in [-0.1, -0.05) is 20.3 Å². The van der Waals surface area contributed by atoms with Crippen molar-refractivity contribution in [3.8, 4) is 0 Å². The summed E-state index contributed by atoms with van der Waals surface area (Å²) in [6, 6.07) is 0. The molecule has 3 nitrogen and oxygen atoms in total. The van der Waals surface area contributed by atoms with Gasteiger partial charge < -0.3 is 15.1 Å². The van der Waals surface area contributed by atoms with E-state index in [0.29, 0.717) is 13.1 Å². The molecule has 0 aliphatic rings. The summed E-state index contributed by atoms with van der Waals surface area (Å²) in [7, 11) is 1.85. The lowest BCUT2D eigenvalue weighted by molar-refractivity contribution is 0.184. The monoisotopic (exact) mass is 163 g/mol. The summed E-state index contributed by atoms with van der Waals surface area (Å²) in [6.45, 7) is 5.86. The van der Waals surface area contributed by atoms with Crippen LogP contribution in [0.4, 0.5) is 0 Å². The molecule has 0 unspecified atom stereocenters. The normalized spacial score (nSPS) is 9.27. The molecule has 0 amide bonds. The van der Waals surface area contributed by atoms with Crippen LogP contribution >= 0.6 is 0 Å². The van der Waals surface area contributed by atoms with E-state index < -0.39 is 0 Å². The SMILES string of the molecule is CCC.CN(CCO)CCO. The van der Waals surface area contributed by atoms with Crippen LogP contribution in [0, 0.1) is 0 Å². The highest BCUT2D eigenvalue weighted by molar-refractivity contribution is 4.45. The van der Waals surface area contributed by atoms with E-state index in [2.05, 4.69) is 13.8 Å². The molecule has 0 radical (unpaired) electrons. The molecule has 11 heavy (non-hydrogen) atoms. The topological polar surface area (TPSA) is 43.7 Å². The molecule has 0 spiro atoms. The predicted molar refractivity (Wildman–Crippen MR) is 47.6 cm³/mol. The van der Waals surface area contributed by atoms with Gasteiger partial charge in [0, 0.05) is 13.1 Å². The summed E-state index contributed by atoms with van der Waals surface area (Å²) in [5, 5.41) is 16.7. The maximum atomic E-state index is 8.34. The van der Waals surface area contributed by atoms with E-state index in [9.17, 15) is 0 Å². The Kier molecular flexibility index (Phi) is 15.4. The van der Waals surface area contributed by atoms with E-state index in [1.54, 1.807) is 0 Å². The van der Waals surface area contributed by atoms with Crippen molar-refractivity contribution in [2.24, 2.45) is 0 Å². The van der Waals surface area contributed by atoms with E-state index in [0.717, 1.165) is 0 Å². The first-order chi connectivity index (χ1) is 5.22. The number of nitrogens with zero attached hydrogens (tertiary/aromatic N) is 1. The first-order valence-electron chi connectivity index (χ1n) is 4.13. The van der Waals surface area contributed by atoms with Gasteiger partial charge in [-0.15, -0.1) is 0 Å².